The minimum atomic E-state index is -0.512. The topological polar surface area (TPSA) is 113 Å². The van der Waals surface area contributed by atoms with E-state index in [1.54, 1.807) is 0 Å². The molecule has 24 heavy (non-hydrogen) atoms. The summed E-state index contributed by atoms with van der Waals surface area (Å²) < 4.78 is 0. The molecule has 0 atom stereocenters. The van der Waals surface area contributed by atoms with Crippen LogP contribution in [-0.4, -0.2) is 38.2 Å². The van der Waals surface area contributed by atoms with Gasteiger partial charge in [-0.15, -0.1) is 0 Å². The van der Waals surface area contributed by atoms with Crippen LogP contribution in [0.4, 0.5) is 11.8 Å². The molecule has 1 heterocycles. The van der Waals surface area contributed by atoms with Crippen molar-refractivity contribution in [3.8, 4) is 0 Å². The number of hydrogen-bond donors (Lipinski definition) is 4. The van der Waals surface area contributed by atoms with Gasteiger partial charge in [0.05, 0.1) is 11.2 Å². The Morgan fingerprint density at radius 3 is 2.42 bits per heavy atom. The Balaban J connectivity index is 1.54. The maximum absolute atomic E-state index is 11.6. The van der Waals surface area contributed by atoms with Crippen LogP contribution in [0.3, 0.4) is 0 Å². The molecule has 0 unspecified atom stereocenters. The number of nitrogens with one attached hydrogen (secondary N) is 2. The van der Waals surface area contributed by atoms with Crippen LogP contribution in [0.25, 0.3) is 0 Å². The van der Waals surface area contributed by atoms with E-state index in [1.165, 1.54) is 12.6 Å². The number of rotatable bonds is 5. The normalized spacial score (nSPS) is 32.2. The molecule has 4 saturated carbocycles. The highest BCUT2D eigenvalue weighted by Gasteiger charge is 2.48. The summed E-state index contributed by atoms with van der Waals surface area (Å²) in [5.74, 6) is 0.556. The third-order valence-corrected chi connectivity index (χ3v) is 6.08. The lowest BCUT2D eigenvalue weighted by Gasteiger charge is -2.51. The lowest BCUT2D eigenvalue weighted by Crippen LogP contribution is -2.54. The second-order valence-corrected chi connectivity index (χ2v) is 7.72. The average Bonchev–Trinajstić information content (AvgIpc) is 2.52. The van der Waals surface area contributed by atoms with E-state index in [9.17, 15) is 9.90 Å². The highest BCUT2D eigenvalue weighted by atomic mass is 16.3. The number of aromatic nitrogens is 2. The van der Waals surface area contributed by atoms with E-state index in [1.807, 2.05) is 0 Å². The van der Waals surface area contributed by atoms with Crippen LogP contribution in [-0.2, 0) is 0 Å². The SMILES string of the molecule is NC(=O)c1cnc(NC23CCC(O)(CC2)CC3)nc1NC1CCC1. The number of carbonyl (C=O) groups excluding carboxylic acids is 1. The number of aliphatic hydroxyl groups is 1. The maximum atomic E-state index is 11.6. The van der Waals surface area contributed by atoms with Crippen molar-refractivity contribution in [3.63, 3.8) is 0 Å². The predicted octanol–water partition coefficient (Wildman–Crippen LogP) is 1.79. The second-order valence-electron chi connectivity index (χ2n) is 7.72. The standard InChI is InChI=1S/C17H25N5O2/c18-13(23)12-10-19-15(21-14(12)20-11-2-1-3-11)22-16-4-7-17(24,8-5-16)9-6-16/h10-11,24H,1-9H2,(H2,18,23)(H2,19,20,21,22). The third kappa shape index (κ3) is 2.81. The molecule has 130 valence electrons. The van der Waals surface area contributed by atoms with Gasteiger partial charge in [0.25, 0.3) is 5.91 Å². The Hall–Kier alpha value is -1.89. The first-order valence-corrected chi connectivity index (χ1v) is 8.91. The molecule has 7 heteroatoms. The Bertz CT molecular complexity index is 634. The van der Waals surface area contributed by atoms with Crippen molar-refractivity contribution in [2.24, 2.45) is 5.73 Å². The molecule has 0 aromatic carbocycles. The summed E-state index contributed by atoms with van der Waals surface area (Å²) in [7, 11) is 0. The molecule has 0 radical (unpaired) electrons. The molecule has 4 aliphatic rings. The molecule has 1 amide bonds. The predicted molar refractivity (Wildman–Crippen MR) is 90.8 cm³/mol. The molecule has 4 aliphatic carbocycles. The minimum absolute atomic E-state index is 0.0353. The molecular formula is C17H25N5O2. The lowest BCUT2D eigenvalue weighted by atomic mass is 9.63. The highest BCUT2D eigenvalue weighted by Crippen LogP contribution is 2.48. The lowest BCUT2D eigenvalue weighted by molar-refractivity contribution is -0.0581. The summed E-state index contributed by atoms with van der Waals surface area (Å²) >= 11 is 0. The maximum Gasteiger partial charge on any atom is 0.254 e. The van der Waals surface area contributed by atoms with E-state index in [0.29, 0.717) is 23.4 Å². The van der Waals surface area contributed by atoms with Crippen LogP contribution in [0.15, 0.2) is 6.20 Å². The number of hydrogen-bond acceptors (Lipinski definition) is 6. The van der Waals surface area contributed by atoms with Gasteiger partial charge < -0.3 is 21.5 Å². The monoisotopic (exact) mass is 331 g/mol. The molecule has 1 aromatic heterocycles. The van der Waals surface area contributed by atoms with Crippen molar-refractivity contribution < 1.29 is 9.90 Å². The van der Waals surface area contributed by atoms with Gasteiger partial charge in [0.2, 0.25) is 5.95 Å². The highest BCUT2D eigenvalue weighted by molar-refractivity contribution is 5.97. The van der Waals surface area contributed by atoms with Crippen LogP contribution in [0.1, 0.15) is 68.1 Å². The molecule has 2 bridgehead atoms. The molecule has 0 saturated heterocycles. The van der Waals surface area contributed by atoms with Crippen LogP contribution in [0.5, 0.6) is 0 Å². The largest absolute Gasteiger partial charge is 0.390 e. The number of carbonyl (C=O) groups is 1. The van der Waals surface area contributed by atoms with E-state index < -0.39 is 11.5 Å². The number of primary amides is 1. The van der Waals surface area contributed by atoms with Crippen LogP contribution in [0.2, 0.25) is 0 Å². The Labute approximate surface area is 141 Å². The summed E-state index contributed by atoms with van der Waals surface area (Å²) in [5, 5.41) is 17.2. The van der Waals surface area contributed by atoms with E-state index in [2.05, 4.69) is 20.6 Å². The van der Waals surface area contributed by atoms with Gasteiger partial charge in [-0.1, -0.05) is 0 Å². The van der Waals surface area contributed by atoms with Crippen molar-refractivity contribution >= 4 is 17.7 Å². The number of fused-ring (bicyclic) bond motifs is 3. The molecule has 0 spiro atoms. The quantitative estimate of drug-likeness (QED) is 0.654. The summed E-state index contributed by atoms with van der Waals surface area (Å²) in [6, 6.07) is 0.364. The first kappa shape index (κ1) is 15.6. The number of amides is 1. The van der Waals surface area contributed by atoms with Crippen LogP contribution < -0.4 is 16.4 Å². The number of nitrogens with zero attached hydrogens (tertiary/aromatic N) is 2. The fourth-order valence-electron chi connectivity index (χ4n) is 4.07. The third-order valence-electron chi connectivity index (χ3n) is 6.08. The zero-order chi connectivity index (χ0) is 16.8. The van der Waals surface area contributed by atoms with Crippen LogP contribution >= 0.6 is 0 Å². The first-order chi connectivity index (χ1) is 11.5. The van der Waals surface area contributed by atoms with Crippen molar-refractivity contribution in [3.05, 3.63) is 11.8 Å². The summed E-state index contributed by atoms with van der Waals surface area (Å²) in [4.78, 5) is 20.5. The first-order valence-electron chi connectivity index (χ1n) is 8.91. The van der Waals surface area contributed by atoms with Gasteiger partial charge in [-0.3, -0.25) is 4.79 Å². The van der Waals surface area contributed by atoms with Crippen molar-refractivity contribution in [2.75, 3.05) is 10.6 Å². The molecule has 7 nitrogen and oxygen atoms in total. The van der Waals surface area contributed by atoms with Gasteiger partial charge in [-0.2, -0.15) is 4.98 Å². The van der Waals surface area contributed by atoms with Gasteiger partial charge in [0, 0.05) is 17.8 Å². The Morgan fingerprint density at radius 2 is 1.88 bits per heavy atom. The summed E-state index contributed by atoms with van der Waals surface area (Å²) in [6.07, 6.45) is 10.1. The van der Waals surface area contributed by atoms with E-state index in [-0.39, 0.29) is 5.54 Å². The molecule has 0 aliphatic heterocycles. The van der Waals surface area contributed by atoms with Crippen molar-refractivity contribution in [1.82, 2.24) is 9.97 Å². The number of nitrogens with two attached hydrogens (primary N) is 1. The van der Waals surface area contributed by atoms with Crippen molar-refractivity contribution in [2.45, 2.75) is 75.0 Å². The van der Waals surface area contributed by atoms with Gasteiger partial charge in [-0.05, 0) is 57.8 Å². The van der Waals surface area contributed by atoms with Gasteiger partial charge in [0.15, 0.2) is 0 Å². The second kappa shape index (κ2) is 5.58. The van der Waals surface area contributed by atoms with E-state index in [4.69, 9.17) is 5.73 Å². The summed E-state index contributed by atoms with van der Waals surface area (Å²) in [6.45, 7) is 0. The fraction of sp³-hybridized carbons (Fsp3) is 0.706. The molecule has 4 fully saturated rings. The van der Waals surface area contributed by atoms with Crippen LogP contribution in [0, 0.1) is 0 Å². The molecule has 5 N–H and O–H groups in total. The molecule has 5 rings (SSSR count). The Kier molecular flexibility index (Phi) is 3.63. The molecular weight excluding hydrogens is 306 g/mol. The molecule has 1 aromatic rings. The summed E-state index contributed by atoms with van der Waals surface area (Å²) in [5.41, 5.74) is 5.29. The van der Waals surface area contributed by atoms with E-state index >= 15 is 0 Å². The zero-order valence-corrected chi connectivity index (χ0v) is 13.8. The van der Waals surface area contributed by atoms with Gasteiger partial charge in [0.1, 0.15) is 5.82 Å². The van der Waals surface area contributed by atoms with Gasteiger partial charge >= 0.3 is 0 Å². The minimum Gasteiger partial charge on any atom is -0.390 e. The average molecular weight is 331 g/mol. The van der Waals surface area contributed by atoms with Gasteiger partial charge in [-0.25, -0.2) is 4.98 Å². The van der Waals surface area contributed by atoms with Crippen molar-refractivity contribution in [1.29, 1.82) is 0 Å². The fourth-order valence-corrected chi connectivity index (χ4v) is 4.07. The Morgan fingerprint density at radius 1 is 1.21 bits per heavy atom. The zero-order valence-electron chi connectivity index (χ0n) is 13.8. The number of anilines is 2. The smallest absolute Gasteiger partial charge is 0.254 e. The van der Waals surface area contributed by atoms with E-state index in [0.717, 1.165) is 51.4 Å².